The first kappa shape index (κ1) is 13.6. The van der Waals surface area contributed by atoms with Crippen molar-refractivity contribution >= 4 is 17.3 Å². The van der Waals surface area contributed by atoms with Crippen LogP contribution in [0.4, 0.5) is 10.1 Å². The summed E-state index contributed by atoms with van der Waals surface area (Å²) in [6.07, 6.45) is 1.12. The highest BCUT2D eigenvalue weighted by molar-refractivity contribution is 6.30. The van der Waals surface area contributed by atoms with Gasteiger partial charge in [-0.1, -0.05) is 25.4 Å². The Hall–Kier alpha value is -0.800. The van der Waals surface area contributed by atoms with Crippen molar-refractivity contribution in [3.8, 4) is 0 Å². The van der Waals surface area contributed by atoms with E-state index in [1.807, 2.05) is 0 Å². The maximum atomic E-state index is 13.9. The molecule has 1 saturated heterocycles. The Morgan fingerprint density at radius 2 is 2.28 bits per heavy atom. The molecule has 1 unspecified atom stereocenters. The van der Waals surface area contributed by atoms with Gasteiger partial charge in [0, 0.05) is 30.7 Å². The predicted molar refractivity (Wildman–Crippen MR) is 74.9 cm³/mol. The Balaban J connectivity index is 2.08. The van der Waals surface area contributed by atoms with Crippen LogP contribution in [-0.2, 0) is 0 Å². The molecule has 1 aliphatic heterocycles. The summed E-state index contributed by atoms with van der Waals surface area (Å²) in [5, 5.41) is 3.94. The first-order valence-electron chi connectivity index (χ1n) is 6.49. The zero-order chi connectivity index (χ0) is 13.1. The van der Waals surface area contributed by atoms with Gasteiger partial charge in [0.15, 0.2) is 0 Å². The number of nitrogens with one attached hydrogen (secondary N) is 1. The third-order valence-electron chi connectivity index (χ3n) is 3.26. The summed E-state index contributed by atoms with van der Waals surface area (Å²) in [4.78, 5) is 2.11. The minimum Gasteiger partial charge on any atom is -0.366 e. The van der Waals surface area contributed by atoms with Gasteiger partial charge in [-0.05, 0) is 30.5 Å². The molecule has 1 aliphatic rings. The van der Waals surface area contributed by atoms with Gasteiger partial charge in [0.2, 0.25) is 0 Å². The molecular formula is C14H20ClFN2. The first-order valence-corrected chi connectivity index (χ1v) is 6.87. The Morgan fingerprint density at radius 3 is 2.94 bits per heavy atom. The Kier molecular flexibility index (Phi) is 4.46. The van der Waals surface area contributed by atoms with Gasteiger partial charge in [-0.3, -0.25) is 0 Å². The van der Waals surface area contributed by atoms with Crippen LogP contribution < -0.4 is 10.2 Å². The third-order valence-corrected chi connectivity index (χ3v) is 3.50. The van der Waals surface area contributed by atoms with E-state index in [4.69, 9.17) is 11.6 Å². The summed E-state index contributed by atoms with van der Waals surface area (Å²) >= 11 is 5.78. The van der Waals surface area contributed by atoms with Gasteiger partial charge in [-0.15, -0.1) is 0 Å². The molecule has 1 fully saturated rings. The van der Waals surface area contributed by atoms with E-state index in [1.54, 1.807) is 12.1 Å². The molecule has 0 radical (unpaired) electrons. The fraction of sp³-hybridized carbons (Fsp3) is 0.571. The van der Waals surface area contributed by atoms with Crippen LogP contribution in [0.15, 0.2) is 18.2 Å². The molecule has 0 spiro atoms. The molecule has 2 rings (SSSR count). The van der Waals surface area contributed by atoms with Crippen molar-refractivity contribution in [2.75, 3.05) is 24.5 Å². The van der Waals surface area contributed by atoms with Crippen LogP contribution in [0, 0.1) is 11.7 Å². The number of rotatable bonds is 3. The highest BCUT2D eigenvalue weighted by Crippen LogP contribution is 2.24. The van der Waals surface area contributed by atoms with E-state index in [0.717, 1.165) is 26.1 Å². The number of anilines is 1. The van der Waals surface area contributed by atoms with Crippen molar-refractivity contribution < 1.29 is 4.39 Å². The fourth-order valence-electron chi connectivity index (χ4n) is 2.51. The Labute approximate surface area is 113 Å². The summed E-state index contributed by atoms with van der Waals surface area (Å²) in [6.45, 7) is 7.02. The number of hydrogen-bond donors (Lipinski definition) is 1. The van der Waals surface area contributed by atoms with Gasteiger partial charge < -0.3 is 10.2 Å². The lowest BCUT2D eigenvalue weighted by atomic mass is 10.0. The molecule has 1 atom stereocenters. The van der Waals surface area contributed by atoms with Crippen molar-refractivity contribution in [2.45, 2.75) is 26.3 Å². The monoisotopic (exact) mass is 270 g/mol. The largest absolute Gasteiger partial charge is 0.366 e. The van der Waals surface area contributed by atoms with Crippen LogP contribution in [0.3, 0.4) is 0 Å². The first-order chi connectivity index (χ1) is 8.56. The van der Waals surface area contributed by atoms with Crippen molar-refractivity contribution in [3.63, 3.8) is 0 Å². The van der Waals surface area contributed by atoms with Crippen LogP contribution in [0.1, 0.15) is 20.3 Å². The van der Waals surface area contributed by atoms with Crippen LogP contribution >= 0.6 is 11.6 Å². The SMILES string of the molecule is CC(C)CC1CN(c2ccc(Cl)cc2F)CCN1. The van der Waals surface area contributed by atoms with Gasteiger partial charge in [0.25, 0.3) is 0 Å². The third kappa shape index (κ3) is 3.36. The Morgan fingerprint density at radius 1 is 1.50 bits per heavy atom. The Bertz CT molecular complexity index is 409. The molecule has 1 aromatic carbocycles. The minimum absolute atomic E-state index is 0.229. The smallest absolute Gasteiger partial charge is 0.147 e. The van der Waals surface area contributed by atoms with Crippen molar-refractivity contribution in [1.82, 2.24) is 5.32 Å². The number of hydrogen-bond acceptors (Lipinski definition) is 2. The molecule has 4 heteroatoms. The van der Waals surface area contributed by atoms with Crippen LogP contribution in [0.2, 0.25) is 5.02 Å². The minimum atomic E-state index is -0.229. The van der Waals surface area contributed by atoms with E-state index in [-0.39, 0.29) is 5.82 Å². The van der Waals surface area contributed by atoms with Crippen LogP contribution in [0.5, 0.6) is 0 Å². The zero-order valence-electron chi connectivity index (χ0n) is 10.9. The van der Waals surface area contributed by atoms with E-state index >= 15 is 0 Å². The molecular weight excluding hydrogens is 251 g/mol. The highest BCUT2D eigenvalue weighted by Gasteiger charge is 2.22. The fourth-order valence-corrected chi connectivity index (χ4v) is 2.67. The molecule has 0 aromatic heterocycles. The van der Waals surface area contributed by atoms with Gasteiger partial charge >= 0.3 is 0 Å². The van der Waals surface area contributed by atoms with Crippen molar-refractivity contribution in [2.24, 2.45) is 5.92 Å². The topological polar surface area (TPSA) is 15.3 Å². The molecule has 1 heterocycles. The van der Waals surface area contributed by atoms with E-state index in [2.05, 4.69) is 24.1 Å². The zero-order valence-corrected chi connectivity index (χ0v) is 11.7. The van der Waals surface area contributed by atoms with Gasteiger partial charge in [0.05, 0.1) is 5.69 Å². The quantitative estimate of drug-likeness (QED) is 0.907. The second kappa shape index (κ2) is 5.89. The average Bonchev–Trinajstić information content (AvgIpc) is 2.28. The number of halogens is 2. The summed E-state index contributed by atoms with van der Waals surface area (Å²) in [5.74, 6) is 0.421. The van der Waals surface area contributed by atoms with Crippen molar-refractivity contribution in [1.29, 1.82) is 0 Å². The molecule has 100 valence electrons. The molecule has 0 bridgehead atoms. The van der Waals surface area contributed by atoms with Gasteiger partial charge in [-0.25, -0.2) is 4.39 Å². The molecule has 0 saturated carbocycles. The molecule has 2 nitrogen and oxygen atoms in total. The van der Waals surface area contributed by atoms with Gasteiger partial charge in [0.1, 0.15) is 5.82 Å². The van der Waals surface area contributed by atoms with Crippen molar-refractivity contribution in [3.05, 3.63) is 29.0 Å². The molecule has 18 heavy (non-hydrogen) atoms. The summed E-state index contributed by atoms with van der Waals surface area (Å²) in [6, 6.07) is 5.35. The summed E-state index contributed by atoms with van der Waals surface area (Å²) in [5.41, 5.74) is 0.662. The summed E-state index contributed by atoms with van der Waals surface area (Å²) in [7, 11) is 0. The molecule has 0 amide bonds. The maximum Gasteiger partial charge on any atom is 0.147 e. The molecule has 1 N–H and O–H groups in total. The second-order valence-corrected chi connectivity index (χ2v) is 5.76. The summed E-state index contributed by atoms with van der Waals surface area (Å²) < 4.78 is 13.9. The number of benzene rings is 1. The van der Waals surface area contributed by atoms with E-state index < -0.39 is 0 Å². The molecule has 0 aliphatic carbocycles. The number of piperazine rings is 1. The lowest BCUT2D eigenvalue weighted by molar-refractivity contribution is 0.386. The second-order valence-electron chi connectivity index (χ2n) is 5.32. The van der Waals surface area contributed by atoms with Crippen LogP contribution in [-0.4, -0.2) is 25.7 Å². The normalized spacial score (nSPS) is 20.5. The standard InChI is InChI=1S/C14H20ClFN2/c1-10(2)7-12-9-18(6-5-17-12)14-4-3-11(15)8-13(14)16/h3-4,8,10,12,17H,5-7,9H2,1-2H3. The van der Waals surface area contributed by atoms with Gasteiger partial charge in [-0.2, -0.15) is 0 Å². The number of nitrogens with zero attached hydrogens (tertiary/aromatic N) is 1. The lowest BCUT2D eigenvalue weighted by Gasteiger charge is -2.36. The van der Waals surface area contributed by atoms with E-state index in [9.17, 15) is 4.39 Å². The predicted octanol–water partition coefficient (Wildman–Crippen LogP) is 3.30. The van der Waals surface area contributed by atoms with Crippen LogP contribution in [0.25, 0.3) is 0 Å². The average molecular weight is 271 g/mol. The van der Waals surface area contributed by atoms with E-state index in [1.165, 1.54) is 6.07 Å². The van der Waals surface area contributed by atoms with E-state index in [0.29, 0.717) is 22.7 Å². The maximum absolute atomic E-state index is 13.9. The highest BCUT2D eigenvalue weighted by atomic mass is 35.5. The molecule has 1 aromatic rings. The lowest BCUT2D eigenvalue weighted by Crippen LogP contribution is -2.51.